The van der Waals surface area contributed by atoms with E-state index >= 15 is 0 Å². The molecule has 0 aromatic carbocycles. The van der Waals surface area contributed by atoms with Crippen molar-refractivity contribution in [3.8, 4) is 0 Å². The van der Waals surface area contributed by atoms with Gasteiger partial charge in [-0.05, 0) is 47.6 Å². The average Bonchev–Trinajstić information content (AvgIpc) is 2.48. The zero-order chi connectivity index (χ0) is 20.4. The fourth-order valence-electron chi connectivity index (χ4n) is 2.39. The van der Waals surface area contributed by atoms with Gasteiger partial charge in [0.2, 0.25) is 0 Å². The summed E-state index contributed by atoms with van der Waals surface area (Å²) in [4.78, 5) is 0. The highest BCUT2D eigenvalue weighted by atomic mass is 31.2. The van der Waals surface area contributed by atoms with Crippen LogP contribution in [0.4, 0.5) is 0 Å². The Bertz CT molecular complexity index is 482. The lowest BCUT2D eigenvalue weighted by molar-refractivity contribution is -0.00112. The Morgan fingerprint density at radius 1 is 0.923 bits per heavy atom. The lowest BCUT2D eigenvalue weighted by Crippen LogP contribution is -2.36. The predicted octanol–water partition coefficient (Wildman–Crippen LogP) is 7.02. The van der Waals surface area contributed by atoms with Gasteiger partial charge >= 0.3 is 7.60 Å². The van der Waals surface area contributed by atoms with Crippen LogP contribution in [-0.4, -0.2) is 33.2 Å². The molecule has 0 unspecified atom stereocenters. The van der Waals surface area contributed by atoms with Crippen LogP contribution in [0, 0.1) is 0 Å². The van der Waals surface area contributed by atoms with Gasteiger partial charge in [0.05, 0.1) is 13.2 Å². The molecule has 0 aliphatic heterocycles. The van der Waals surface area contributed by atoms with Crippen molar-refractivity contribution in [1.29, 1.82) is 0 Å². The molecule has 0 N–H and O–H groups in total. The molecule has 0 atom stereocenters. The van der Waals surface area contributed by atoms with Crippen molar-refractivity contribution >= 4 is 15.7 Å². The van der Waals surface area contributed by atoms with Gasteiger partial charge in [-0.1, -0.05) is 42.9 Å². The Kier molecular flexibility index (Phi) is 11.5. The van der Waals surface area contributed by atoms with E-state index in [2.05, 4.69) is 31.8 Å². The Morgan fingerprint density at radius 2 is 1.35 bits per heavy atom. The standard InChI is InChI=1S/C20H41O4PSi/c1-10-23-25(21,24-11-2)20(14-12-18(3)4,15-13-19(5)6)22-16-17-26(7,8)9/h12-13H,10-11,14-17H2,1-9H3. The van der Waals surface area contributed by atoms with Gasteiger partial charge in [0.15, 0.2) is 5.34 Å². The summed E-state index contributed by atoms with van der Waals surface area (Å²) in [6.07, 6.45) is 5.19. The van der Waals surface area contributed by atoms with E-state index in [9.17, 15) is 4.57 Å². The molecule has 0 radical (unpaired) electrons. The molecule has 0 saturated carbocycles. The summed E-state index contributed by atoms with van der Waals surface area (Å²) in [5.41, 5.74) is 2.33. The molecule has 154 valence electrons. The van der Waals surface area contributed by atoms with Crippen molar-refractivity contribution in [3.63, 3.8) is 0 Å². The van der Waals surface area contributed by atoms with Gasteiger partial charge in [0.1, 0.15) is 0 Å². The van der Waals surface area contributed by atoms with Crippen molar-refractivity contribution in [1.82, 2.24) is 0 Å². The van der Waals surface area contributed by atoms with Gasteiger partial charge in [-0.3, -0.25) is 4.57 Å². The lowest BCUT2D eigenvalue weighted by Gasteiger charge is -2.38. The van der Waals surface area contributed by atoms with Crippen LogP contribution >= 0.6 is 7.60 Å². The quantitative estimate of drug-likeness (QED) is 0.188. The van der Waals surface area contributed by atoms with E-state index in [0.29, 0.717) is 32.7 Å². The summed E-state index contributed by atoms with van der Waals surface area (Å²) in [7, 11) is -4.72. The largest absolute Gasteiger partial charge is 0.362 e. The van der Waals surface area contributed by atoms with Gasteiger partial charge in [0.25, 0.3) is 0 Å². The van der Waals surface area contributed by atoms with E-state index in [4.69, 9.17) is 13.8 Å². The van der Waals surface area contributed by atoms with Crippen LogP contribution in [0.5, 0.6) is 0 Å². The third-order valence-corrected chi connectivity index (χ3v) is 8.37. The van der Waals surface area contributed by atoms with E-state index in [1.54, 1.807) is 0 Å². The molecule has 4 nitrogen and oxygen atoms in total. The fraction of sp³-hybridized carbons (Fsp3) is 0.800. The molecule has 0 aliphatic carbocycles. The summed E-state index contributed by atoms with van der Waals surface area (Å²) in [5, 5.41) is -0.979. The van der Waals surface area contributed by atoms with Crippen molar-refractivity contribution in [2.75, 3.05) is 19.8 Å². The topological polar surface area (TPSA) is 44.8 Å². The molecular formula is C20H41O4PSi. The van der Waals surface area contributed by atoms with Crippen molar-refractivity contribution < 1.29 is 18.3 Å². The Labute approximate surface area is 162 Å². The molecule has 0 fully saturated rings. The highest BCUT2D eigenvalue weighted by Gasteiger charge is 2.51. The summed E-state index contributed by atoms with van der Waals surface area (Å²) in [6.45, 7) is 20.0. The van der Waals surface area contributed by atoms with Crippen LogP contribution in [-0.2, 0) is 18.3 Å². The maximum absolute atomic E-state index is 13.8. The first-order chi connectivity index (χ1) is 11.9. The molecule has 0 aromatic rings. The Morgan fingerprint density at radius 3 is 1.65 bits per heavy atom. The third-order valence-electron chi connectivity index (χ3n) is 3.98. The van der Waals surface area contributed by atoms with Gasteiger partial charge < -0.3 is 13.8 Å². The number of hydrogen-bond acceptors (Lipinski definition) is 4. The van der Waals surface area contributed by atoms with Crippen molar-refractivity contribution in [2.45, 2.75) is 85.4 Å². The second-order valence-corrected chi connectivity index (χ2v) is 16.4. The van der Waals surface area contributed by atoms with Gasteiger partial charge in [-0.25, -0.2) is 0 Å². The number of hydrogen-bond donors (Lipinski definition) is 0. The molecule has 0 amide bonds. The first-order valence-electron chi connectivity index (χ1n) is 9.71. The maximum atomic E-state index is 13.8. The number of ether oxygens (including phenoxy) is 1. The first kappa shape index (κ1) is 25.8. The van der Waals surface area contributed by atoms with Crippen LogP contribution in [0.1, 0.15) is 54.4 Å². The van der Waals surface area contributed by atoms with Crippen LogP contribution in [0.2, 0.25) is 25.7 Å². The van der Waals surface area contributed by atoms with Gasteiger partial charge in [-0.2, -0.15) is 0 Å². The van der Waals surface area contributed by atoms with E-state index in [1.165, 1.54) is 11.1 Å². The second-order valence-electron chi connectivity index (χ2n) is 8.41. The van der Waals surface area contributed by atoms with Crippen LogP contribution in [0.3, 0.4) is 0 Å². The number of allylic oxidation sites excluding steroid dienone is 2. The highest BCUT2D eigenvalue weighted by molar-refractivity contribution is 7.55. The average molecular weight is 405 g/mol. The maximum Gasteiger partial charge on any atom is 0.362 e. The molecule has 0 bridgehead atoms. The minimum atomic E-state index is -3.45. The third kappa shape index (κ3) is 9.14. The van der Waals surface area contributed by atoms with E-state index in [-0.39, 0.29) is 0 Å². The summed E-state index contributed by atoms with van der Waals surface area (Å²) >= 11 is 0. The molecule has 0 saturated heterocycles. The molecule has 26 heavy (non-hydrogen) atoms. The molecular weight excluding hydrogens is 363 g/mol. The molecule has 0 heterocycles. The fourth-order valence-corrected chi connectivity index (χ4v) is 5.21. The molecule has 6 heteroatoms. The van der Waals surface area contributed by atoms with Gasteiger partial charge in [-0.15, -0.1) is 0 Å². The van der Waals surface area contributed by atoms with Crippen LogP contribution < -0.4 is 0 Å². The predicted molar refractivity (Wildman–Crippen MR) is 116 cm³/mol. The summed E-state index contributed by atoms with van der Waals surface area (Å²) in [6, 6.07) is 1.01. The molecule has 0 spiro atoms. The highest BCUT2D eigenvalue weighted by Crippen LogP contribution is 2.64. The first-order valence-corrected chi connectivity index (χ1v) is 15.0. The minimum Gasteiger partial charge on any atom is -0.362 e. The number of rotatable bonds is 13. The zero-order valence-corrected chi connectivity index (χ0v) is 20.4. The Hall–Kier alpha value is -0.193. The van der Waals surface area contributed by atoms with Crippen molar-refractivity contribution in [2.24, 2.45) is 0 Å². The summed E-state index contributed by atoms with van der Waals surface area (Å²) < 4.78 is 31.7. The van der Waals surface area contributed by atoms with E-state index in [1.807, 2.05) is 41.5 Å². The minimum absolute atomic E-state index is 0.333. The van der Waals surface area contributed by atoms with Crippen molar-refractivity contribution in [3.05, 3.63) is 23.3 Å². The van der Waals surface area contributed by atoms with Crippen LogP contribution in [0.25, 0.3) is 0 Å². The smallest absolute Gasteiger partial charge is 0.362 e. The van der Waals surface area contributed by atoms with E-state index in [0.717, 1.165) is 6.04 Å². The van der Waals surface area contributed by atoms with Crippen LogP contribution in [0.15, 0.2) is 23.3 Å². The second kappa shape index (κ2) is 11.6. The molecule has 0 rings (SSSR count). The lowest BCUT2D eigenvalue weighted by atomic mass is 10.1. The monoisotopic (exact) mass is 404 g/mol. The van der Waals surface area contributed by atoms with E-state index < -0.39 is 21.0 Å². The summed E-state index contributed by atoms with van der Waals surface area (Å²) in [5.74, 6) is 0. The SMILES string of the molecule is CCOP(=O)(OCC)C(CC=C(C)C)(CC=C(C)C)OCC[Si](C)(C)C. The molecule has 0 aliphatic rings. The Balaban J connectivity index is 6.00. The zero-order valence-electron chi connectivity index (χ0n) is 18.5. The molecule has 0 aromatic heterocycles. The van der Waals surface area contributed by atoms with Gasteiger partial charge in [0, 0.05) is 27.5 Å². The normalized spacial score (nSPS) is 12.8.